The van der Waals surface area contributed by atoms with Crippen molar-refractivity contribution in [3.63, 3.8) is 0 Å². The maximum Gasteiger partial charge on any atom is 0.335 e. The molecule has 110 valence electrons. The number of carboxylic acid groups (broad SMARTS) is 1. The van der Waals surface area contributed by atoms with Crippen molar-refractivity contribution in [1.82, 2.24) is 9.88 Å². The van der Waals surface area contributed by atoms with E-state index < -0.39 is 5.97 Å². The number of aromatic carboxylic acids is 1. The quantitative estimate of drug-likeness (QED) is 0.883. The van der Waals surface area contributed by atoms with E-state index in [2.05, 4.69) is 5.32 Å². The standard InChI is InChI=1S/C16H18N2O3/c1-11-6-7-14(18(11)2)15(19)17-9-8-12-4-3-5-13(10-12)16(20)21/h3-7,10H,8-9H2,1-2H3,(H,17,19)(H,20,21). The van der Waals surface area contributed by atoms with Crippen LogP contribution >= 0.6 is 0 Å². The average molecular weight is 286 g/mol. The summed E-state index contributed by atoms with van der Waals surface area (Å²) in [6.07, 6.45) is 0.594. The van der Waals surface area contributed by atoms with Crippen molar-refractivity contribution in [2.24, 2.45) is 7.05 Å². The van der Waals surface area contributed by atoms with E-state index >= 15 is 0 Å². The molecular weight excluding hydrogens is 268 g/mol. The first-order valence-electron chi connectivity index (χ1n) is 6.72. The molecule has 0 atom stereocenters. The number of hydrogen-bond donors (Lipinski definition) is 2. The van der Waals surface area contributed by atoms with E-state index in [4.69, 9.17) is 5.11 Å². The summed E-state index contributed by atoms with van der Waals surface area (Å²) in [5.74, 6) is -1.07. The van der Waals surface area contributed by atoms with Crippen LogP contribution in [0.1, 0.15) is 32.1 Å². The average Bonchev–Trinajstić information content (AvgIpc) is 2.79. The van der Waals surface area contributed by atoms with Crippen LogP contribution in [0, 0.1) is 6.92 Å². The van der Waals surface area contributed by atoms with Crippen LogP contribution in [-0.4, -0.2) is 28.1 Å². The maximum absolute atomic E-state index is 12.0. The first kappa shape index (κ1) is 14.8. The minimum absolute atomic E-state index is 0.125. The van der Waals surface area contributed by atoms with Crippen LogP contribution in [0.5, 0.6) is 0 Å². The molecule has 1 heterocycles. The van der Waals surface area contributed by atoms with Crippen LogP contribution in [-0.2, 0) is 13.5 Å². The van der Waals surface area contributed by atoms with Crippen molar-refractivity contribution in [2.75, 3.05) is 6.54 Å². The van der Waals surface area contributed by atoms with Crippen LogP contribution in [0.4, 0.5) is 0 Å². The first-order chi connectivity index (χ1) is 9.99. The number of benzene rings is 1. The van der Waals surface area contributed by atoms with Crippen molar-refractivity contribution in [1.29, 1.82) is 0 Å². The topological polar surface area (TPSA) is 71.3 Å². The summed E-state index contributed by atoms with van der Waals surface area (Å²) >= 11 is 0. The van der Waals surface area contributed by atoms with E-state index in [-0.39, 0.29) is 11.5 Å². The molecule has 21 heavy (non-hydrogen) atoms. The molecule has 2 N–H and O–H groups in total. The van der Waals surface area contributed by atoms with Crippen molar-refractivity contribution >= 4 is 11.9 Å². The van der Waals surface area contributed by atoms with Gasteiger partial charge in [0.25, 0.3) is 5.91 Å². The molecule has 0 aliphatic rings. The molecule has 0 bridgehead atoms. The lowest BCUT2D eigenvalue weighted by atomic mass is 10.1. The summed E-state index contributed by atoms with van der Waals surface area (Å²) in [5.41, 5.74) is 2.79. The van der Waals surface area contributed by atoms with E-state index in [1.807, 2.05) is 30.7 Å². The van der Waals surface area contributed by atoms with E-state index in [1.54, 1.807) is 24.3 Å². The molecule has 5 heteroatoms. The second kappa shape index (κ2) is 6.26. The SMILES string of the molecule is Cc1ccc(C(=O)NCCc2cccc(C(=O)O)c2)n1C. The lowest BCUT2D eigenvalue weighted by molar-refractivity contribution is 0.0696. The van der Waals surface area contributed by atoms with Gasteiger partial charge in [-0.2, -0.15) is 0 Å². The number of aryl methyl sites for hydroxylation is 1. The molecule has 5 nitrogen and oxygen atoms in total. The smallest absolute Gasteiger partial charge is 0.335 e. The van der Waals surface area contributed by atoms with Gasteiger partial charge in [0.15, 0.2) is 0 Å². The Kier molecular flexibility index (Phi) is 4.42. The Balaban J connectivity index is 1.92. The third-order valence-corrected chi connectivity index (χ3v) is 3.48. The number of hydrogen-bond acceptors (Lipinski definition) is 2. The zero-order valence-corrected chi connectivity index (χ0v) is 12.1. The molecule has 1 amide bonds. The highest BCUT2D eigenvalue weighted by molar-refractivity contribution is 5.92. The van der Waals surface area contributed by atoms with Crippen LogP contribution in [0.3, 0.4) is 0 Å². The molecular formula is C16H18N2O3. The predicted octanol–water partition coefficient (Wildman–Crippen LogP) is 2.00. The van der Waals surface area contributed by atoms with Crippen LogP contribution in [0.2, 0.25) is 0 Å². The first-order valence-corrected chi connectivity index (χ1v) is 6.72. The van der Waals surface area contributed by atoms with Crippen molar-refractivity contribution in [2.45, 2.75) is 13.3 Å². The number of rotatable bonds is 5. The van der Waals surface area contributed by atoms with Gasteiger partial charge in [-0.15, -0.1) is 0 Å². The summed E-state index contributed by atoms with van der Waals surface area (Å²) < 4.78 is 1.83. The van der Waals surface area contributed by atoms with Crippen molar-refractivity contribution in [3.8, 4) is 0 Å². The largest absolute Gasteiger partial charge is 0.478 e. The van der Waals surface area contributed by atoms with Crippen molar-refractivity contribution < 1.29 is 14.7 Å². The molecule has 0 aliphatic carbocycles. The Labute approximate surface area is 123 Å². The minimum atomic E-state index is -0.944. The molecule has 1 aromatic heterocycles. The highest BCUT2D eigenvalue weighted by Gasteiger charge is 2.10. The van der Waals surface area contributed by atoms with E-state index in [9.17, 15) is 9.59 Å². The Morgan fingerprint density at radius 1 is 1.24 bits per heavy atom. The van der Waals surface area contributed by atoms with Gasteiger partial charge in [0.2, 0.25) is 0 Å². The molecule has 0 saturated carbocycles. The fourth-order valence-electron chi connectivity index (χ4n) is 2.11. The lowest BCUT2D eigenvalue weighted by Crippen LogP contribution is -2.27. The summed E-state index contributed by atoms with van der Waals surface area (Å²) in [6, 6.07) is 10.4. The Morgan fingerprint density at radius 3 is 2.62 bits per heavy atom. The third-order valence-electron chi connectivity index (χ3n) is 3.48. The number of aromatic nitrogens is 1. The fraction of sp³-hybridized carbons (Fsp3) is 0.250. The highest BCUT2D eigenvalue weighted by atomic mass is 16.4. The van der Waals surface area contributed by atoms with Crippen LogP contribution in [0.15, 0.2) is 36.4 Å². The van der Waals surface area contributed by atoms with Gasteiger partial charge < -0.3 is 15.0 Å². The molecule has 1 aromatic carbocycles. The number of nitrogens with zero attached hydrogens (tertiary/aromatic N) is 1. The summed E-state index contributed by atoms with van der Waals surface area (Å²) in [7, 11) is 1.85. The van der Waals surface area contributed by atoms with Gasteiger partial charge in [-0.25, -0.2) is 4.79 Å². The minimum Gasteiger partial charge on any atom is -0.478 e. The summed E-state index contributed by atoms with van der Waals surface area (Å²) in [6.45, 7) is 2.40. The molecule has 2 rings (SSSR count). The zero-order chi connectivity index (χ0) is 15.4. The van der Waals surface area contributed by atoms with Crippen molar-refractivity contribution in [3.05, 3.63) is 58.9 Å². The molecule has 0 unspecified atom stereocenters. The monoisotopic (exact) mass is 286 g/mol. The molecule has 0 radical (unpaired) electrons. The van der Waals surface area contributed by atoms with Gasteiger partial charge >= 0.3 is 5.97 Å². The number of carbonyl (C=O) groups is 2. The van der Waals surface area contributed by atoms with Gasteiger partial charge in [0, 0.05) is 19.3 Å². The van der Waals surface area contributed by atoms with Gasteiger partial charge in [-0.3, -0.25) is 4.79 Å². The Bertz CT molecular complexity index is 674. The molecule has 0 saturated heterocycles. The second-order valence-electron chi connectivity index (χ2n) is 4.93. The van der Waals surface area contributed by atoms with E-state index in [0.717, 1.165) is 11.3 Å². The second-order valence-corrected chi connectivity index (χ2v) is 4.93. The number of carbonyl (C=O) groups excluding carboxylic acids is 1. The number of amides is 1. The summed E-state index contributed by atoms with van der Waals surface area (Å²) in [5, 5.41) is 11.8. The Morgan fingerprint density at radius 2 is 2.00 bits per heavy atom. The predicted molar refractivity (Wildman–Crippen MR) is 79.6 cm³/mol. The van der Waals surface area contributed by atoms with Gasteiger partial charge in [-0.1, -0.05) is 12.1 Å². The number of carboxylic acids is 1. The molecule has 2 aromatic rings. The normalized spacial score (nSPS) is 10.4. The number of nitrogens with one attached hydrogen (secondary N) is 1. The summed E-state index contributed by atoms with van der Waals surface area (Å²) in [4.78, 5) is 22.9. The highest BCUT2D eigenvalue weighted by Crippen LogP contribution is 2.07. The molecule has 0 spiro atoms. The molecule has 0 aliphatic heterocycles. The maximum atomic E-state index is 12.0. The molecule has 0 fully saturated rings. The van der Waals surface area contributed by atoms with E-state index in [1.165, 1.54) is 0 Å². The van der Waals surface area contributed by atoms with Gasteiger partial charge in [-0.05, 0) is 43.2 Å². The van der Waals surface area contributed by atoms with Gasteiger partial charge in [0.05, 0.1) is 5.56 Å². The lowest BCUT2D eigenvalue weighted by Gasteiger charge is -2.07. The fourth-order valence-corrected chi connectivity index (χ4v) is 2.11. The zero-order valence-electron chi connectivity index (χ0n) is 12.1. The Hall–Kier alpha value is -2.56. The van der Waals surface area contributed by atoms with Gasteiger partial charge in [0.1, 0.15) is 5.69 Å². The van der Waals surface area contributed by atoms with Crippen LogP contribution in [0.25, 0.3) is 0 Å². The van der Waals surface area contributed by atoms with E-state index in [0.29, 0.717) is 18.7 Å². The third kappa shape index (κ3) is 3.51. The van der Waals surface area contributed by atoms with Crippen LogP contribution < -0.4 is 5.32 Å².